The molecule has 120 valence electrons. The first-order valence-corrected chi connectivity index (χ1v) is 7.67. The summed E-state index contributed by atoms with van der Waals surface area (Å²) in [6, 6.07) is 0. The Morgan fingerprint density at radius 3 is 2.32 bits per heavy atom. The lowest BCUT2D eigenvalue weighted by molar-refractivity contribution is -0.160. The fourth-order valence-electron chi connectivity index (χ4n) is 3.00. The predicted molar refractivity (Wildman–Crippen MR) is 73.4 cm³/mol. The van der Waals surface area contributed by atoms with Crippen LogP contribution >= 0.6 is 11.8 Å². The van der Waals surface area contributed by atoms with Crippen molar-refractivity contribution in [1.82, 2.24) is 4.98 Å². The molecule has 3 rings (SSSR count). The molecule has 2 unspecified atom stereocenters. The van der Waals surface area contributed by atoms with Crippen molar-refractivity contribution in [3.05, 3.63) is 33.5 Å². The predicted octanol–water partition coefficient (Wildman–Crippen LogP) is 5.13. The summed E-state index contributed by atoms with van der Waals surface area (Å²) in [5, 5.41) is 0. The summed E-state index contributed by atoms with van der Waals surface area (Å²) in [4.78, 5) is 2.91. The van der Waals surface area contributed by atoms with Gasteiger partial charge < -0.3 is 4.98 Å². The van der Waals surface area contributed by atoms with Crippen molar-refractivity contribution in [3.8, 4) is 0 Å². The van der Waals surface area contributed by atoms with E-state index in [2.05, 4.69) is 4.98 Å². The van der Waals surface area contributed by atoms with Gasteiger partial charge in [-0.2, -0.15) is 26.3 Å². The monoisotopic (exact) mass is 339 g/mol. The smallest absolute Gasteiger partial charge is 0.355 e. The van der Waals surface area contributed by atoms with Crippen molar-refractivity contribution in [2.45, 2.75) is 24.7 Å². The number of halogens is 6. The normalized spacial score (nSPS) is 24.2. The van der Waals surface area contributed by atoms with E-state index in [-0.39, 0.29) is 21.7 Å². The van der Waals surface area contributed by atoms with Crippen LogP contribution in [-0.4, -0.2) is 23.6 Å². The minimum Gasteiger partial charge on any atom is -0.355 e. The Hall–Kier alpha value is -1.31. The summed E-state index contributed by atoms with van der Waals surface area (Å²) in [5.74, 6) is -3.58. The second-order valence-corrected chi connectivity index (χ2v) is 6.16. The maximum Gasteiger partial charge on any atom is 0.400 e. The summed E-state index contributed by atoms with van der Waals surface area (Å²) < 4.78 is 78.6. The molecule has 0 bridgehead atoms. The molecule has 1 aromatic heterocycles. The van der Waals surface area contributed by atoms with Crippen LogP contribution in [0, 0.1) is 5.92 Å². The van der Waals surface area contributed by atoms with E-state index >= 15 is 0 Å². The Balaban J connectivity index is 2.08. The van der Waals surface area contributed by atoms with Gasteiger partial charge in [0.25, 0.3) is 0 Å². The maximum absolute atomic E-state index is 13.3. The largest absolute Gasteiger partial charge is 0.400 e. The van der Waals surface area contributed by atoms with Crippen LogP contribution in [0.4, 0.5) is 26.3 Å². The van der Waals surface area contributed by atoms with Gasteiger partial charge in [-0.1, -0.05) is 6.08 Å². The number of hydrogen-bond acceptors (Lipinski definition) is 1. The molecule has 0 fully saturated rings. The molecule has 1 aromatic rings. The van der Waals surface area contributed by atoms with Crippen molar-refractivity contribution in [3.63, 3.8) is 0 Å². The number of alkyl halides is 6. The van der Waals surface area contributed by atoms with Crippen LogP contribution < -0.4 is 0 Å². The van der Waals surface area contributed by atoms with Gasteiger partial charge >= 0.3 is 12.4 Å². The van der Waals surface area contributed by atoms with E-state index in [1.54, 1.807) is 0 Å². The average Bonchev–Trinajstić information content (AvgIpc) is 2.90. The van der Waals surface area contributed by atoms with Crippen LogP contribution in [0.5, 0.6) is 0 Å². The Morgan fingerprint density at radius 2 is 1.77 bits per heavy atom. The van der Waals surface area contributed by atoms with Crippen LogP contribution in [0.25, 0.3) is 12.2 Å². The SMILES string of the molecule is CSC1=Cc2[nH]c3c(c2C1C(F)(F)F)CC(C(F)(F)F)C=C3. The van der Waals surface area contributed by atoms with Crippen LogP contribution in [-0.2, 0) is 6.42 Å². The topological polar surface area (TPSA) is 15.8 Å². The molecule has 0 aliphatic heterocycles. The van der Waals surface area contributed by atoms with Crippen LogP contribution in [0.3, 0.4) is 0 Å². The zero-order valence-electron chi connectivity index (χ0n) is 11.3. The molecule has 1 heterocycles. The number of allylic oxidation sites excluding steroid dienone is 2. The molecule has 2 aliphatic carbocycles. The Labute approximate surface area is 126 Å². The van der Waals surface area contributed by atoms with Crippen molar-refractivity contribution in [1.29, 1.82) is 0 Å². The molecule has 22 heavy (non-hydrogen) atoms. The number of thioether (sulfide) groups is 1. The molecule has 0 radical (unpaired) electrons. The van der Waals surface area contributed by atoms with E-state index in [1.165, 1.54) is 18.4 Å². The fraction of sp³-hybridized carbons (Fsp3) is 0.429. The lowest BCUT2D eigenvalue weighted by atomic mass is 9.87. The third kappa shape index (κ3) is 2.37. The Kier molecular flexibility index (Phi) is 3.43. The van der Waals surface area contributed by atoms with Gasteiger partial charge in [-0.15, -0.1) is 11.8 Å². The molecule has 0 saturated heterocycles. The highest BCUT2D eigenvalue weighted by Crippen LogP contribution is 2.53. The lowest BCUT2D eigenvalue weighted by Crippen LogP contribution is -2.26. The van der Waals surface area contributed by atoms with E-state index in [4.69, 9.17) is 0 Å². The van der Waals surface area contributed by atoms with Gasteiger partial charge in [0.15, 0.2) is 0 Å². The number of aromatic amines is 1. The standard InChI is InChI=1S/C14H11F6NS/c1-22-10-5-9-11(12(10)14(18,19)20)7-4-6(13(15,16)17)2-3-8(7)21-9/h2-3,5-6,12,21H,4H2,1H3. The average molecular weight is 339 g/mol. The van der Waals surface area contributed by atoms with Crippen LogP contribution in [0.15, 0.2) is 11.0 Å². The molecule has 2 aliphatic rings. The molecule has 0 aromatic carbocycles. The van der Waals surface area contributed by atoms with Gasteiger partial charge in [-0.25, -0.2) is 0 Å². The number of aromatic nitrogens is 1. The summed E-state index contributed by atoms with van der Waals surface area (Å²) >= 11 is 0.966. The highest BCUT2D eigenvalue weighted by atomic mass is 32.2. The molecule has 1 N–H and O–H groups in total. The third-order valence-electron chi connectivity index (χ3n) is 3.97. The number of fused-ring (bicyclic) bond motifs is 3. The number of rotatable bonds is 1. The van der Waals surface area contributed by atoms with Crippen molar-refractivity contribution in [2.24, 2.45) is 5.92 Å². The molecule has 1 nitrogen and oxygen atoms in total. The van der Waals surface area contributed by atoms with Crippen LogP contribution in [0.1, 0.15) is 28.4 Å². The second-order valence-electron chi connectivity index (χ2n) is 5.28. The maximum atomic E-state index is 13.3. The van der Waals surface area contributed by atoms with Crippen LogP contribution in [0.2, 0.25) is 0 Å². The zero-order chi connectivity index (χ0) is 16.3. The first-order chi connectivity index (χ1) is 10.1. The second kappa shape index (κ2) is 4.84. The quantitative estimate of drug-likeness (QED) is 0.702. The van der Waals surface area contributed by atoms with Crippen molar-refractivity contribution < 1.29 is 26.3 Å². The molecule has 0 saturated carbocycles. The van der Waals surface area contributed by atoms with Gasteiger partial charge in [0, 0.05) is 16.3 Å². The molecule has 0 amide bonds. The van der Waals surface area contributed by atoms with Crippen molar-refractivity contribution in [2.75, 3.05) is 6.26 Å². The van der Waals surface area contributed by atoms with E-state index in [0.29, 0.717) is 5.69 Å². The summed E-state index contributed by atoms with van der Waals surface area (Å²) in [7, 11) is 0. The van der Waals surface area contributed by atoms with Gasteiger partial charge in [-0.3, -0.25) is 0 Å². The van der Waals surface area contributed by atoms with Gasteiger partial charge in [0.2, 0.25) is 0 Å². The molecular weight excluding hydrogens is 328 g/mol. The Morgan fingerprint density at radius 1 is 1.09 bits per heavy atom. The van der Waals surface area contributed by atoms with Crippen molar-refractivity contribution >= 4 is 23.9 Å². The number of H-pyrrole nitrogens is 1. The van der Waals surface area contributed by atoms with E-state index in [0.717, 1.165) is 17.8 Å². The number of hydrogen-bond donors (Lipinski definition) is 1. The van der Waals surface area contributed by atoms with Gasteiger partial charge in [0.1, 0.15) is 5.92 Å². The third-order valence-corrected chi connectivity index (χ3v) is 4.80. The van der Waals surface area contributed by atoms with E-state index in [9.17, 15) is 26.3 Å². The van der Waals surface area contributed by atoms with E-state index in [1.807, 2.05) is 0 Å². The molecule has 0 spiro atoms. The highest BCUT2D eigenvalue weighted by molar-refractivity contribution is 8.02. The summed E-state index contributed by atoms with van der Waals surface area (Å²) in [5.41, 5.74) is 0.688. The zero-order valence-corrected chi connectivity index (χ0v) is 12.1. The fourth-order valence-corrected chi connectivity index (χ4v) is 3.72. The molecule has 8 heteroatoms. The minimum absolute atomic E-state index is 0.0505. The first kappa shape index (κ1) is 15.6. The lowest BCUT2D eigenvalue weighted by Gasteiger charge is -2.24. The van der Waals surface area contributed by atoms with Gasteiger partial charge in [0.05, 0.1) is 5.92 Å². The highest BCUT2D eigenvalue weighted by Gasteiger charge is 2.50. The summed E-state index contributed by atoms with van der Waals surface area (Å²) in [6.07, 6.45) is -4.30. The minimum atomic E-state index is -4.52. The number of nitrogens with one attached hydrogen (secondary N) is 1. The molecule has 2 atom stereocenters. The Bertz CT molecular complexity index is 664. The molecular formula is C14H11F6NS. The summed E-state index contributed by atoms with van der Waals surface area (Å²) in [6.45, 7) is 0. The van der Waals surface area contributed by atoms with E-state index < -0.39 is 30.6 Å². The first-order valence-electron chi connectivity index (χ1n) is 6.45. The van der Waals surface area contributed by atoms with Gasteiger partial charge in [-0.05, 0) is 36.0 Å².